The van der Waals surface area contributed by atoms with Crippen molar-refractivity contribution in [2.45, 2.75) is 30.7 Å². The third kappa shape index (κ3) is 0.729. The molecule has 0 radical (unpaired) electrons. The molecule has 0 aromatic rings. The van der Waals surface area contributed by atoms with Crippen molar-refractivity contribution in [2.75, 3.05) is 7.05 Å². The van der Waals surface area contributed by atoms with E-state index in [9.17, 15) is 0 Å². The summed E-state index contributed by atoms with van der Waals surface area (Å²) in [6.07, 6.45) is 4.24. The molecule has 0 spiro atoms. The Labute approximate surface area is 61.8 Å². The summed E-state index contributed by atoms with van der Waals surface area (Å²) in [5.74, 6) is 0.906. The highest BCUT2D eigenvalue weighted by atomic mass is 32.1. The second-order valence-corrected chi connectivity index (χ2v) is 3.84. The summed E-state index contributed by atoms with van der Waals surface area (Å²) in [6.45, 7) is 0. The SMILES string of the molecule is CN1C2CC[C@@H](C2)C1S. The topological polar surface area (TPSA) is 3.24 Å². The van der Waals surface area contributed by atoms with Crippen molar-refractivity contribution in [2.24, 2.45) is 5.92 Å². The Bertz CT molecular complexity index is 108. The van der Waals surface area contributed by atoms with Crippen LogP contribution in [0.5, 0.6) is 0 Å². The molecular weight excluding hydrogens is 130 g/mol. The van der Waals surface area contributed by atoms with Crippen LogP contribution in [-0.4, -0.2) is 23.4 Å². The molecule has 1 saturated carbocycles. The summed E-state index contributed by atoms with van der Waals surface area (Å²) >= 11 is 4.52. The minimum absolute atomic E-state index is 0.573. The molecule has 3 atom stereocenters. The lowest BCUT2D eigenvalue weighted by molar-refractivity contribution is 0.240. The number of nitrogens with zero attached hydrogens (tertiary/aromatic N) is 1. The average molecular weight is 143 g/mol. The van der Waals surface area contributed by atoms with Crippen LogP contribution in [0, 0.1) is 5.92 Å². The highest BCUT2D eigenvalue weighted by molar-refractivity contribution is 7.80. The van der Waals surface area contributed by atoms with E-state index in [0.717, 1.165) is 12.0 Å². The number of likely N-dealkylation sites (tertiary alicyclic amines) is 1. The van der Waals surface area contributed by atoms with Crippen LogP contribution in [0.25, 0.3) is 0 Å². The van der Waals surface area contributed by atoms with Crippen LogP contribution < -0.4 is 0 Å². The van der Waals surface area contributed by atoms with Crippen LogP contribution in [0.3, 0.4) is 0 Å². The first-order valence-electron chi connectivity index (χ1n) is 3.69. The van der Waals surface area contributed by atoms with Crippen molar-refractivity contribution in [3.8, 4) is 0 Å². The average Bonchev–Trinajstić information content (AvgIpc) is 2.37. The molecule has 1 saturated heterocycles. The number of fused-ring (bicyclic) bond motifs is 2. The number of piperidine rings is 1. The molecule has 2 unspecified atom stereocenters. The molecule has 2 rings (SSSR count). The van der Waals surface area contributed by atoms with Gasteiger partial charge in [-0.3, -0.25) is 4.90 Å². The van der Waals surface area contributed by atoms with Gasteiger partial charge in [0.1, 0.15) is 0 Å². The van der Waals surface area contributed by atoms with Gasteiger partial charge in [-0.2, -0.15) is 12.6 Å². The Morgan fingerprint density at radius 2 is 2.22 bits per heavy atom. The summed E-state index contributed by atoms with van der Waals surface area (Å²) in [4.78, 5) is 2.41. The summed E-state index contributed by atoms with van der Waals surface area (Å²) in [6, 6.07) is 0.873. The molecule has 9 heavy (non-hydrogen) atoms. The van der Waals surface area contributed by atoms with E-state index >= 15 is 0 Å². The molecule has 2 fully saturated rings. The third-order valence-electron chi connectivity index (χ3n) is 2.86. The molecule has 2 aliphatic rings. The maximum absolute atomic E-state index is 4.52. The van der Waals surface area contributed by atoms with E-state index in [2.05, 4.69) is 24.6 Å². The minimum Gasteiger partial charge on any atom is -0.292 e. The van der Waals surface area contributed by atoms with Gasteiger partial charge in [0.2, 0.25) is 0 Å². The molecule has 1 aliphatic heterocycles. The molecule has 1 aliphatic carbocycles. The second-order valence-electron chi connectivity index (χ2n) is 3.31. The first kappa shape index (κ1) is 6.05. The van der Waals surface area contributed by atoms with E-state index in [1.54, 1.807) is 0 Å². The van der Waals surface area contributed by atoms with E-state index in [-0.39, 0.29) is 0 Å². The summed E-state index contributed by atoms with van der Waals surface area (Å²) in [5, 5.41) is 0.573. The maximum Gasteiger partial charge on any atom is 0.0556 e. The number of hydrogen-bond donors (Lipinski definition) is 1. The zero-order valence-electron chi connectivity index (χ0n) is 5.75. The molecule has 2 heteroatoms. The smallest absolute Gasteiger partial charge is 0.0556 e. The Morgan fingerprint density at radius 3 is 2.56 bits per heavy atom. The van der Waals surface area contributed by atoms with Crippen LogP contribution in [0.2, 0.25) is 0 Å². The van der Waals surface area contributed by atoms with Crippen molar-refractivity contribution >= 4 is 12.6 Å². The quantitative estimate of drug-likeness (QED) is 0.501. The van der Waals surface area contributed by atoms with Crippen LogP contribution in [0.4, 0.5) is 0 Å². The highest BCUT2D eigenvalue weighted by Gasteiger charge is 2.41. The molecule has 0 aromatic heterocycles. The summed E-state index contributed by atoms with van der Waals surface area (Å²) < 4.78 is 0. The molecule has 1 nitrogen and oxygen atoms in total. The molecular formula is C7H13NS. The summed E-state index contributed by atoms with van der Waals surface area (Å²) in [5.41, 5.74) is 0. The fourth-order valence-corrected chi connectivity index (χ4v) is 2.64. The minimum atomic E-state index is 0.573. The van der Waals surface area contributed by atoms with Gasteiger partial charge in [0.15, 0.2) is 0 Å². The van der Waals surface area contributed by atoms with Crippen LogP contribution in [0.1, 0.15) is 19.3 Å². The van der Waals surface area contributed by atoms with Gasteiger partial charge in [-0.1, -0.05) is 0 Å². The molecule has 0 aromatic carbocycles. The van der Waals surface area contributed by atoms with Crippen LogP contribution in [0.15, 0.2) is 0 Å². The van der Waals surface area contributed by atoms with E-state index in [4.69, 9.17) is 0 Å². The van der Waals surface area contributed by atoms with E-state index in [1.807, 2.05) is 0 Å². The Kier molecular flexibility index (Phi) is 1.27. The maximum atomic E-state index is 4.52. The highest BCUT2D eigenvalue weighted by Crippen LogP contribution is 2.42. The molecule has 0 N–H and O–H groups in total. The van der Waals surface area contributed by atoms with Crippen molar-refractivity contribution < 1.29 is 0 Å². The molecule has 52 valence electrons. The predicted octanol–water partition coefficient (Wildman–Crippen LogP) is 1.36. The monoisotopic (exact) mass is 143 g/mol. The third-order valence-corrected chi connectivity index (χ3v) is 3.65. The molecule has 2 bridgehead atoms. The van der Waals surface area contributed by atoms with Gasteiger partial charge >= 0.3 is 0 Å². The van der Waals surface area contributed by atoms with Gasteiger partial charge in [-0.05, 0) is 32.2 Å². The van der Waals surface area contributed by atoms with Gasteiger partial charge in [-0.15, -0.1) is 0 Å². The van der Waals surface area contributed by atoms with E-state index in [1.165, 1.54) is 19.3 Å². The zero-order valence-corrected chi connectivity index (χ0v) is 6.64. The lowest BCUT2D eigenvalue weighted by atomic mass is 10.1. The normalized spacial score (nSPS) is 50.7. The van der Waals surface area contributed by atoms with Crippen molar-refractivity contribution in [1.82, 2.24) is 4.90 Å². The lowest BCUT2D eigenvalue weighted by Gasteiger charge is -2.27. The Hall–Kier alpha value is 0.310. The molecule has 1 heterocycles. The van der Waals surface area contributed by atoms with Gasteiger partial charge in [-0.25, -0.2) is 0 Å². The van der Waals surface area contributed by atoms with Crippen molar-refractivity contribution in [3.05, 3.63) is 0 Å². The lowest BCUT2D eigenvalue weighted by Crippen LogP contribution is -2.33. The van der Waals surface area contributed by atoms with Gasteiger partial charge in [0.05, 0.1) is 5.37 Å². The van der Waals surface area contributed by atoms with Gasteiger partial charge < -0.3 is 0 Å². The zero-order chi connectivity index (χ0) is 6.43. The first-order valence-corrected chi connectivity index (χ1v) is 4.20. The number of rotatable bonds is 0. The van der Waals surface area contributed by atoms with E-state index < -0.39 is 0 Å². The van der Waals surface area contributed by atoms with Crippen molar-refractivity contribution in [1.29, 1.82) is 0 Å². The fraction of sp³-hybridized carbons (Fsp3) is 1.00. The van der Waals surface area contributed by atoms with Gasteiger partial charge in [0.25, 0.3) is 0 Å². The Morgan fingerprint density at radius 1 is 1.44 bits per heavy atom. The number of hydrogen-bond acceptors (Lipinski definition) is 2. The standard InChI is InChI=1S/C7H13NS/c1-8-6-3-2-5(4-6)7(8)9/h5-7,9H,2-4H2,1H3/t5-,6?,7?/m0/s1. The summed E-state index contributed by atoms with van der Waals surface area (Å²) in [7, 11) is 2.20. The van der Waals surface area contributed by atoms with Crippen molar-refractivity contribution in [3.63, 3.8) is 0 Å². The van der Waals surface area contributed by atoms with Gasteiger partial charge in [0, 0.05) is 6.04 Å². The predicted molar refractivity (Wildman–Crippen MR) is 41.7 cm³/mol. The number of thiol groups is 1. The van der Waals surface area contributed by atoms with Crippen LogP contribution in [-0.2, 0) is 0 Å². The fourth-order valence-electron chi connectivity index (χ4n) is 2.18. The first-order chi connectivity index (χ1) is 4.29. The van der Waals surface area contributed by atoms with Crippen LogP contribution >= 0.6 is 12.6 Å². The Balaban J connectivity index is 2.15. The van der Waals surface area contributed by atoms with E-state index in [0.29, 0.717) is 5.37 Å². The molecule has 0 amide bonds. The largest absolute Gasteiger partial charge is 0.292 e. The second kappa shape index (κ2) is 1.89.